The minimum atomic E-state index is -0.451. The van der Waals surface area contributed by atoms with Crippen LogP contribution in [0, 0.1) is 0 Å². The van der Waals surface area contributed by atoms with Crippen molar-refractivity contribution in [2.75, 3.05) is 6.61 Å². The molecule has 0 radical (unpaired) electrons. The lowest BCUT2D eigenvalue weighted by molar-refractivity contribution is -0.154. The minimum absolute atomic E-state index is 0.178. The maximum Gasteiger partial charge on any atom is 0.306 e. The number of rotatable bonds is 12. The van der Waals surface area contributed by atoms with Crippen molar-refractivity contribution in [3.8, 4) is 28.3 Å². The van der Waals surface area contributed by atoms with Crippen LogP contribution in [0.15, 0.2) is 60.9 Å². The number of carbonyl (C=O) groups excluding carboxylic acids is 1. The number of unbranched alkanes of at least 4 members (excludes halogenated alkanes) is 4. The second-order valence-electron chi connectivity index (χ2n) is 9.87. The fourth-order valence-corrected chi connectivity index (χ4v) is 3.72. The molecule has 0 bridgehead atoms. The zero-order chi connectivity index (χ0) is 27.1. The van der Waals surface area contributed by atoms with Crippen LogP contribution in [0.5, 0.6) is 5.75 Å². The number of aromatic nitrogens is 2. The smallest absolute Gasteiger partial charge is 0.306 e. The Morgan fingerprint density at radius 1 is 0.784 bits per heavy atom. The third kappa shape index (κ3) is 11.2. The Hall–Kier alpha value is -3.21. The Morgan fingerprint density at radius 3 is 1.97 bits per heavy atom. The largest absolute Gasteiger partial charge is 0.494 e. The molecule has 3 aromatic rings. The van der Waals surface area contributed by atoms with E-state index in [-0.39, 0.29) is 5.97 Å². The van der Waals surface area contributed by atoms with Crippen LogP contribution in [0.3, 0.4) is 0 Å². The molecule has 0 atom stereocenters. The van der Waals surface area contributed by atoms with Crippen molar-refractivity contribution < 1.29 is 14.3 Å². The van der Waals surface area contributed by atoms with Crippen LogP contribution in [0.4, 0.5) is 0 Å². The molecular formula is C32H44N2O3. The number of esters is 1. The molecule has 0 saturated heterocycles. The van der Waals surface area contributed by atoms with Crippen molar-refractivity contribution in [3.05, 3.63) is 66.5 Å². The summed E-state index contributed by atoms with van der Waals surface area (Å²) in [5.74, 6) is 1.39. The number of nitrogens with zero attached hydrogens (tertiary/aromatic N) is 2. The topological polar surface area (TPSA) is 61.3 Å². The molecule has 0 N–H and O–H groups in total. The predicted octanol–water partition coefficient (Wildman–Crippen LogP) is 8.46. The first-order chi connectivity index (χ1) is 17.8. The maximum atomic E-state index is 11.9. The van der Waals surface area contributed by atoms with Crippen molar-refractivity contribution in [1.82, 2.24) is 9.97 Å². The third-order valence-electron chi connectivity index (χ3n) is 5.61. The quantitative estimate of drug-likeness (QED) is 0.183. The molecule has 5 nitrogen and oxygen atoms in total. The zero-order valence-electron chi connectivity index (χ0n) is 23.5. The normalized spacial score (nSPS) is 10.9. The van der Waals surface area contributed by atoms with Crippen molar-refractivity contribution >= 4 is 5.97 Å². The van der Waals surface area contributed by atoms with Gasteiger partial charge in [0.1, 0.15) is 11.4 Å². The summed E-state index contributed by atoms with van der Waals surface area (Å²) in [7, 11) is 0. The number of hydrogen-bond acceptors (Lipinski definition) is 5. The summed E-state index contributed by atoms with van der Waals surface area (Å²) in [5.41, 5.74) is 3.60. The van der Waals surface area contributed by atoms with Crippen molar-refractivity contribution in [2.45, 2.75) is 92.1 Å². The van der Waals surface area contributed by atoms with Crippen LogP contribution in [0.1, 0.15) is 85.6 Å². The average molecular weight is 505 g/mol. The summed E-state index contributed by atoms with van der Waals surface area (Å²) < 4.78 is 11.2. The standard InChI is InChI=1S/C30H38N2O3.C2H6/c1-5-6-7-8-9-20-34-27-17-15-24(16-18-27)26-21-31-29(32-22-26)25-13-10-23(11-14-25)12-19-28(33)35-30(2,3)4;1-2/h10-11,13-18,21-22H,5-9,12,19-20H2,1-4H3;1-2H3. The van der Waals surface area contributed by atoms with Crippen LogP contribution in [0.25, 0.3) is 22.5 Å². The van der Waals surface area contributed by atoms with E-state index in [1.165, 1.54) is 25.7 Å². The molecule has 37 heavy (non-hydrogen) atoms. The molecule has 2 aromatic carbocycles. The maximum absolute atomic E-state index is 11.9. The molecule has 0 saturated carbocycles. The number of ether oxygens (including phenoxy) is 2. The molecule has 1 aromatic heterocycles. The van der Waals surface area contributed by atoms with E-state index in [4.69, 9.17) is 9.47 Å². The van der Waals surface area contributed by atoms with Gasteiger partial charge >= 0.3 is 5.97 Å². The SMILES string of the molecule is CC.CCCCCCCOc1ccc(-c2cnc(-c3ccc(CCC(=O)OC(C)(C)C)cc3)nc2)cc1. The van der Waals surface area contributed by atoms with Crippen LogP contribution < -0.4 is 4.74 Å². The van der Waals surface area contributed by atoms with E-state index < -0.39 is 5.60 Å². The molecule has 0 aliphatic carbocycles. The molecule has 1 heterocycles. The van der Waals surface area contributed by atoms with Gasteiger partial charge in [0.15, 0.2) is 5.82 Å². The molecular weight excluding hydrogens is 460 g/mol. The molecule has 0 spiro atoms. The number of carbonyl (C=O) groups is 1. The monoisotopic (exact) mass is 504 g/mol. The van der Waals surface area contributed by atoms with Crippen molar-refractivity contribution in [1.29, 1.82) is 0 Å². The van der Waals surface area contributed by atoms with Crippen LogP contribution in [0.2, 0.25) is 0 Å². The average Bonchev–Trinajstić information content (AvgIpc) is 2.90. The van der Waals surface area contributed by atoms with E-state index in [1.54, 1.807) is 0 Å². The van der Waals surface area contributed by atoms with Gasteiger partial charge in [-0.2, -0.15) is 0 Å². The predicted molar refractivity (Wildman–Crippen MR) is 153 cm³/mol. The van der Waals surface area contributed by atoms with Gasteiger partial charge < -0.3 is 9.47 Å². The second kappa shape index (κ2) is 15.8. The third-order valence-corrected chi connectivity index (χ3v) is 5.61. The molecule has 3 rings (SSSR count). The number of benzene rings is 2. The van der Waals surface area contributed by atoms with Gasteiger partial charge in [0, 0.05) is 29.9 Å². The molecule has 0 amide bonds. The lowest BCUT2D eigenvalue weighted by atomic mass is 10.1. The highest BCUT2D eigenvalue weighted by atomic mass is 16.6. The Balaban J connectivity index is 0.00000235. The number of hydrogen-bond donors (Lipinski definition) is 0. The summed E-state index contributed by atoms with van der Waals surface area (Å²) >= 11 is 0. The van der Waals surface area contributed by atoms with E-state index >= 15 is 0 Å². The summed E-state index contributed by atoms with van der Waals surface area (Å²) in [4.78, 5) is 21.1. The van der Waals surface area contributed by atoms with Gasteiger partial charge in [0.25, 0.3) is 0 Å². The summed E-state index contributed by atoms with van der Waals surface area (Å²) in [6, 6.07) is 16.1. The Kier molecular flexibility index (Phi) is 12.8. The second-order valence-corrected chi connectivity index (χ2v) is 9.87. The fourth-order valence-electron chi connectivity index (χ4n) is 3.72. The van der Waals surface area contributed by atoms with Gasteiger partial charge in [-0.1, -0.05) is 82.9 Å². The van der Waals surface area contributed by atoms with Gasteiger partial charge in [0.2, 0.25) is 0 Å². The summed E-state index contributed by atoms with van der Waals surface area (Å²) in [5, 5.41) is 0. The zero-order valence-corrected chi connectivity index (χ0v) is 23.5. The van der Waals surface area contributed by atoms with Gasteiger partial charge in [-0.15, -0.1) is 0 Å². The first-order valence-corrected chi connectivity index (χ1v) is 13.7. The molecule has 5 heteroatoms. The van der Waals surface area contributed by atoms with Gasteiger partial charge in [-0.3, -0.25) is 4.79 Å². The summed E-state index contributed by atoms with van der Waals surface area (Å²) in [6.07, 6.45) is 10.9. The Labute approximate surface area is 223 Å². The lowest BCUT2D eigenvalue weighted by Gasteiger charge is -2.19. The van der Waals surface area contributed by atoms with Crippen LogP contribution in [-0.2, 0) is 16.0 Å². The highest BCUT2D eigenvalue weighted by molar-refractivity contribution is 5.70. The van der Waals surface area contributed by atoms with Gasteiger partial charge in [-0.25, -0.2) is 9.97 Å². The molecule has 0 aliphatic heterocycles. The highest BCUT2D eigenvalue weighted by Gasteiger charge is 2.16. The van der Waals surface area contributed by atoms with Crippen LogP contribution in [-0.4, -0.2) is 28.1 Å². The molecule has 200 valence electrons. The fraction of sp³-hybridized carbons (Fsp3) is 0.469. The number of aryl methyl sites for hydroxylation is 1. The van der Waals surface area contributed by atoms with E-state index in [2.05, 4.69) is 16.9 Å². The summed E-state index contributed by atoms with van der Waals surface area (Å²) in [6.45, 7) is 12.6. The van der Waals surface area contributed by atoms with E-state index in [1.807, 2.05) is 95.5 Å². The molecule has 0 aliphatic rings. The Bertz CT molecular complexity index is 1040. The van der Waals surface area contributed by atoms with Crippen molar-refractivity contribution in [2.24, 2.45) is 0 Å². The molecule has 0 fully saturated rings. The molecule has 0 unspecified atom stereocenters. The van der Waals surface area contributed by atoms with E-state index in [0.29, 0.717) is 18.7 Å². The highest BCUT2D eigenvalue weighted by Crippen LogP contribution is 2.23. The van der Waals surface area contributed by atoms with E-state index in [9.17, 15) is 4.79 Å². The minimum Gasteiger partial charge on any atom is -0.494 e. The first-order valence-electron chi connectivity index (χ1n) is 13.7. The Morgan fingerprint density at radius 2 is 1.38 bits per heavy atom. The first kappa shape index (κ1) is 30.0. The van der Waals surface area contributed by atoms with Gasteiger partial charge in [0.05, 0.1) is 6.61 Å². The van der Waals surface area contributed by atoms with E-state index in [0.717, 1.165) is 41.0 Å². The van der Waals surface area contributed by atoms with Gasteiger partial charge in [-0.05, 0) is 56.9 Å². The van der Waals surface area contributed by atoms with Crippen LogP contribution >= 0.6 is 0 Å². The lowest BCUT2D eigenvalue weighted by Crippen LogP contribution is -2.23. The van der Waals surface area contributed by atoms with Crippen molar-refractivity contribution in [3.63, 3.8) is 0 Å².